The van der Waals surface area contributed by atoms with Gasteiger partial charge in [0.1, 0.15) is 5.75 Å². The number of hydrogen-bond donors (Lipinski definition) is 2. The topological polar surface area (TPSA) is 148 Å². The van der Waals surface area contributed by atoms with Crippen molar-refractivity contribution in [3.8, 4) is 16.9 Å². The molecule has 2 N–H and O–H groups in total. The molecule has 0 radical (unpaired) electrons. The number of fused-ring (bicyclic) bond motifs is 1. The Morgan fingerprint density at radius 2 is 1.80 bits per heavy atom. The molecule has 4 aromatic rings. The number of urea groups is 1. The van der Waals surface area contributed by atoms with Crippen LogP contribution >= 0.6 is 11.6 Å². The molecule has 2 aromatic heterocycles. The Morgan fingerprint density at radius 3 is 2.46 bits per heavy atom. The van der Waals surface area contributed by atoms with Gasteiger partial charge in [-0.15, -0.1) is 0 Å². The molecule has 3 heterocycles. The number of hydrogen-bond acceptors (Lipinski definition) is 9. The van der Waals surface area contributed by atoms with Crippen LogP contribution < -0.4 is 20.5 Å². The number of pyridine rings is 1. The summed E-state index contributed by atoms with van der Waals surface area (Å²) in [4.78, 5) is 55.5. The Kier molecular flexibility index (Phi) is 13.7. The lowest BCUT2D eigenvalue weighted by Crippen LogP contribution is -2.45. The first-order valence-corrected chi connectivity index (χ1v) is 22.3. The normalized spacial score (nSPS) is 14.7. The smallest absolute Gasteiger partial charge is 0.409 e. The van der Waals surface area contributed by atoms with Crippen LogP contribution in [0, 0.1) is 13.8 Å². The van der Waals surface area contributed by atoms with Gasteiger partial charge in [-0.25, -0.2) is 14.6 Å². The Balaban J connectivity index is 1.49. The van der Waals surface area contributed by atoms with Crippen LogP contribution in [0.2, 0.25) is 30.7 Å². The highest BCUT2D eigenvalue weighted by Crippen LogP contribution is 2.38. The van der Waals surface area contributed by atoms with Gasteiger partial charge in [0.05, 0.1) is 47.7 Å². The maximum absolute atomic E-state index is 13.9. The van der Waals surface area contributed by atoms with Crippen LogP contribution in [0.15, 0.2) is 53.7 Å². The molecule has 0 aliphatic carbocycles. The van der Waals surface area contributed by atoms with E-state index in [2.05, 4.69) is 39.9 Å². The second kappa shape index (κ2) is 18.2. The summed E-state index contributed by atoms with van der Waals surface area (Å²) in [6.07, 6.45) is 6.67. The van der Waals surface area contributed by atoms with Gasteiger partial charge in [0.2, 0.25) is 0 Å². The minimum Gasteiger partial charge on any atom is -0.492 e. The number of likely N-dealkylation sites (tertiary alicyclic amines) is 1. The van der Waals surface area contributed by atoms with Crippen LogP contribution in [0.5, 0.6) is 5.75 Å². The van der Waals surface area contributed by atoms with Crippen LogP contribution in [0.4, 0.5) is 21.1 Å². The number of halogens is 1. The minimum atomic E-state index is -1.36. The average molecular weight is 779 g/mol. The van der Waals surface area contributed by atoms with Gasteiger partial charge in [-0.05, 0) is 56.9 Å². The van der Waals surface area contributed by atoms with E-state index in [1.165, 1.54) is 37.7 Å². The monoisotopic (exact) mass is 778 g/mol. The van der Waals surface area contributed by atoms with Gasteiger partial charge in [0.15, 0.2) is 12.1 Å². The SMILES string of the molecule is COC(CN(C(=O)Nc1cc2c(OCCC3CCCCN3C(=O)OCC[Si](C)(C)C)c(-c3cc(C)cc(C)c3)c(=O)[nH]c2cc1Cl)c1cnccn1)OC. The molecule has 290 valence electrons. The Bertz CT molecular complexity index is 1970. The van der Waals surface area contributed by atoms with Crippen molar-refractivity contribution in [3.63, 3.8) is 0 Å². The predicted molar refractivity (Wildman–Crippen MR) is 215 cm³/mol. The van der Waals surface area contributed by atoms with Gasteiger partial charge in [0.25, 0.3) is 5.56 Å². The van der Waals surface area contributed by atoms with E-state index in [1.807, 2.05) is 36.9 Å². The van der Waals surface area contributed by atoms with E-state index >= 15 is 0 Å². The van der Waals surface area contributed by atoms with Crippen molar-refractivity contribution in [1.29, 1.82) is 0 Å². The molecular weight excluding hydrogens is 728 g/mol. The van der Waals surface area contributed by atoms with Crippen LogP contribution in [-0.4, -0.2) is 92.9 Å². The number of rotatable bonds is 14. The lowest BCUT2D eigenvalue weighted by atomic mass is 9.98. The number of benzene rings is 2. The summed E-state index contributed by atoms with van der Waals surface area (Å²) >= 11 is 6.75. The van der Waals surface area contributed by atoms with Crippen LogP contribution in [-0.2, 0) is 14.2 Å². The molecule has 5 rings (SSSR count). The maximum Gasteiger partial charge on any atom is 0.409 e. The van der Waals surface area contributed by atoms with Gasteiger partial charge in [0, 0.05) is 59.1 Å². The summed E-state index contributed by atoms with van der Waals surface area (Å²) in [5.74, 6) is 0.615. The van der Waals surface area contributed by atoms with Gasteiger partial charge in [-0.3, -0.25) is 14.7 Å². The van der Waals surface area contributed by atoms with E-state index in [1.54, 1.807) is 12.1 Å². The quantitative estimate of drug-likeness (QED) is 0.0960. The summed E-state index contributed by atoms with van der Waals surface area (Å²) in [7, 11) is 1.59. The molecule has 1 aliphatic rings. The highest BCUT2D eigenvalue weighted by atomic mass is 35.5. The molecule has 13 nitrogen and oxygen atoms in total. The molecule has 0 spiro atoms. The molecule has 54 heavy (non-hydrogen) atoms. The number of aromatic nitrogens is 3. The third-order valence-electron chi connectivity index (χ3n) is 9.37. The number of aromatic amines is 1. The van der Waals surface area contributed by atoms with E-state index in [0.717, 1.165) is 36.4 Å². The largest absolute Gasteiger partial charge is 0.492 e. The Hall–Kier alpha value is -4.50. The fourth-order valence-electron chi connectivity index (χ4n) is 6.57. The first-order chi connectivity index (χ1) is 25.8. The van der Waals surface area contributed by atoms with E-state index in [9.17, 15) is 14.4 Å². The van der Waals surface area contributed by atoms with Crippen molar-refractivity contribution in [2.24, 2.45) is 0 Å². The molecule has 1 unspecified atom stereocenters. The van der Waals surface area contributed by atoms with E-state index in [4.69, 9.17) is 30.5 Å². The first kappa shape index (κ1) is 40.7. The fraction of sp³-hybridized carbons (Fsp3) is 0.462. The molecule has 1 fully saturated rings. The molecule has 1 aliphatic heterocycles. The number of methoxy groups -OCH3 is 2. The zero-order valence-electron chi connectivity index (χ0n) is 32.2. The lowest BCUT2D eigenvalue weighted by Gasteiger charge is -2.35. The second-order valence-corrected chi connectivity index (χ2v) is 20.9. The van der Waals surface area contributed by atoms with Crippen molar-refractivity contribution in [2.75, 3.05) is 50.7 Å². The number of ether oxygens (including phenoxy) is 4. The van der Waals surface area contributed by atoms with Gasteiger partial charge < -0.3 is 34.1 Å². The molecule has 2 aromatic carbocycles. The van der Waals surface area contributed by atoms with Crippen LogP contribution in [0.3, 0.4) is 0 Å². The third kappa shape index (κ3) is 10.4. The highest BCUT2D eigenvalue weighted by Gasteiger charge is 2.29. The second-order valence-electron chi connectivity index (χ2n) is 14.8. The molecule has 0 bridgehead atoms. The Morgan fingerprint density at radius 1 is 1.06 bits per heavy atom. The summed E-state index contributed by atoms with van der Waals surface area (Å²) in [6, 6.07) is 9.46. The molecular formula is C39H51ClN6O7Si. The van der Waals surface area contributed by atoms with Crippen LogP contribution in [0.1, 0.15) is 36.8 Å². The number of piperidine rings is 1. The van der Waals surface area contributed by atoms with Crippen molar-refractivity contribution < 1.29 is 28.5 Å². The maximum atomic E-state index is 13.9. The van der Waals surface area contributed by atoms with Crippen molar-refractivity contribution >= 4 is 54.2 Å². The summed E-state index contributed by atoms with van der Waals surface area (Å²) < 4.78 is 23.1. The molecule has 0 saturated carbocycles. The standard InChI is InChI=1S/C39H51ClN6O7Si/c1-25-18-26(2)20-27(19-25)35-36(52-15-11-28-10-8-9-14-45(28)39(49)53-16-17-54(5,6)7)29-21-32(30(40)22-31(29)43-37(35)47)44-38(48)46(24-34(50-3)51-4)33-23-41-12-13-42-33/h12-13,18-23,28,34H,8-11,14-17,24H2,1-7H3,(H,43,47)(H,44,48). The number of aryl methyl sites for hydroxylation is 2. The summed E-state index contributed by atoms with van der Waals surface area (Å²) in [6.45, 7) is 12.0. The molecule has 1 atom stereocenters. The van der Waals surface area contributed by atoms with E-state index in [0.29, 0.717) is 47.4 Å². The number of carbonyl (C=O) groups is 2. The van der Waals surface area contributed by atoms with Gasteiger partial charge >= 0.3 is 12.1 Å². The van der Waals surface area contributed by atoms with Crippen molar-refractivity contribution in [2.45, 2.75) is 77.5 Å². The number of carbonyl (C=O) groups excluding carboxylic acids is 2. The van der Waals surface area contributed by atoms with Gasteiger partial charge in [-0.2, -0.15) is 0 Å². The first-order valence-electron chi connectivity index (χ1n) is 18.2. The van der Waals surface area contributed by atoms with Crippen LogP contribution in [0.25, 0.3) is 22.0 Å². The molecule has 1 saturated heterocycles. The number of nitrogens with zero attached hydrogens (tertiary/aromatic N) is 4. The highest BCUT2D eigenvalue weighted by molar-refractivity contribution is 6.76. The third-order valence-corrected chi connectivity index (χ3v) is 11.4. The van der Waals surface area contributed by atoms with E-state index in [-0.39, 0.29) is 47.4 Å². The minimum absolute atomic E-state index is 0.00527. The van der Waals surface area contributed by atoms with Crippen molar-refractivity contribution in [3.05, 3.63) is 75.4 Å². The number of H-pyrrole nitrogens is 1. The molecule has 3 amide bonds. The predicted octanol–water partition coefficient (Wildman–Crippen LogP) is 8.01. The summed E-state index contributed by atoms with van der Waals surface area (Å²) in [5, 5.41) is 3.62. The fourth-order valence-corrected chi connectivity index (χ4v) is 7.49. The zero-order valence-corrected chi connectivity index (χ0v) is 33.9. The van der Waals surface area contributed by atoms with Crippen molar-refractivity contribution in [1.82, 2.24) is 19.9 Å². The lowest BCUT2D eigenvalue weighted by molar-refractivity contribution is -0.0939. The van der Waals surface area contributed by atoms with E-state index < -0.39 is 20.4 Å². The number of anilines is 2. The van der Waals surface area contributed by atoms with Gasteiger partial charge in [-0.1, -0.05) is 60.6 Å². The summed E-state index contributed by atoms with van der Waals surface area (Å²) in [5.41, 5.74) is 3.37. The Labute approximate surface area is 322 Å². The average Bonchev–Trinajstić information content (AvgIpc) is 3.12. The molecule has 15 heteroatoms. The zero-order chi connectivity index (χ0) is 39.0. The number of nitrogens with one attached hydrogen (secondary N) is 2. The number of amides is 3.